The fraction of sp³-hybridized carbons (Fsp3) is 0.375. The Morgan fingerprint density at radius 1 is 1.57 bits per heavy atom. The Hall–Kier alpha value is -1.72. The molecule has 1 N–H and O–H groups in total. The van der Waals surface area contributed by atoms with Crippen molar-refractivity contribution in [3.05, 3.63) is 52.0 Å². The molecule has 2 atom stereocenters. The van der Waals surface area contributed by atoms with Crippen LogP contribution in [-0.4, -0.2) is 33.5 Å². The maximum absolute atomic E-state index is 11.5. The van der Waals surface area contributed by atoms with Crippen molar-refractivity contribution in [1.29, 1.82) is 0 Å². The highest BCUT2D eigenvalue weighted by Crippen LogP contribution is 2.37. The van der Waals surface area contributed by atoms with E-state index >= 15 is 0 Å². The smallest absolute Gasteiger partial charge is 0.320 e. The Morgan fingerprint density at radius 3 is 3.05 bits per heavy atom. The molecule has 1 fully saturated rings. The molecule has 110 valence electrons. The van der Waals surface area contributed by atoms with Crippen molar-refractivity contribution in [3.8, 4) is 0 Å². The summed E-state index contributed by atoms with van der Waals surface area (Å²) in [6, 6.07) is 5.68. The molecule has 0 spiro atoms. The van der Waals surface area contributed by atoms with Gasteiger partial charge < -0.3 is 5.11 Å². The van der Waals surface area contributed by atoms with E-state index in [1.807, 2.05) is 18.3 Å². The van der Waals surface area contributed by atoms with Crippen molar-refractivity contribution in [2.24, 2.45) is 0 Å². The van der Waals surface area contributed by atoms with Crippen LogP contribution in [0.25, 0.3) is 0 Å². The van der Waals surface area contributed by atoms with Crippen molar-refractivity contribution in [1.82, 2.24) is 9.88 Å². The summed E-state index contributed by atoms with van der Waals surface area (Å²) in [4.78, 5) is 19.0. The SMILES string of the molecule is Cc1csc(C(c2cccnc2)N2CCCC2C(=O)O)c1. The van der Waals surface area contributed by atoms with Gasteiger partial charge in [-0.2, -0.15) is 0 Å². The number of aryl methyl sites for hydroxylation is 1. The van der Waals surface area contributed by atoms with Crippen LogP contribution >= 0.6 is 11.3 Å². The van der Waals surface area contributed by atoms with Gasteiger partial charge in [-0.25, -0.2) is 0 Å². The summed E-state index contributed by atoms with van der Waals surface area (Å²) in [5.74, 6) is -0.727. The predicted molar refractivity (Wildman–Crippen MR) is 82.5 cm³/mol. The minimum atomic E-state index is -0.727. The van der Waals surface area contributed by atoms with Crippen molar-refractivity contribution in [2.45, 2.75) is 31.8 Å². The topological polar surface area (TPSA) is 53.4 Å². The Kier molecular flexibility index (Phi) is 4.03. The maximum atomic E-state index is 11.5. The van der Waals surface area contributed by atoms with E-state index in [4.69, 9.17) is 0 Å². The number of hydrogen-bond acceptors (Lipinski definition) is 4. The Balaban J connectivity index is 2.02. The number of likely N-dealkylation sites (tertiary alicyclic amines) is 1. The lowest BCUT2D eigenvalue weighted by Gasteiger charge is -2.30. The van der Waals surface area contributed by atoms with E-state index in [0.29, 0.717) is 0 Å². The monoisotopic (exact) mass is 302 g/mol. The first-order valence-electron chi connectivity index (χ1n) is 7.10. The minimum Gasteiger partial charge on any atom is -0.480 e. The van der Waals surface area contributed by atoms with E-state index in [9.17, 15) is 9.90 Å². The van der Waals surface area contributed by atoms with Gasteiger partial charge in [-0.05, 0) is 48.4 Å². The quantitative estimate of drug-likeness (QED) is 0.943. The molecule has 0 radical (unpaired) electrons. The number of pyridine rings is 1. The number of hydrogen-bond donors (Lipinski definition) is 1. The van der Waals surface area contributed by atoms with Gasteiger partial charge in [-0.3, -0.25) is 14.7 Å². The van der Waals surface area contributed by atoms with Crippen LogP contribution < -0.4 is 0 Å². The molecule has 2 aromatic heterocycles. The van der Waals surface area contributed by atoms with Crippen LogP contribution in [0.15, 0.2) is 36.0 Å². The molecule has 0 bridgehead atoms. The van der Waals surface area contributed by atoms with Gasteiger partial charge in [0.1, 0.15) is 6.04 Å². The molecule has 2 unspecified atom stereocenters. The van der Waals surface area contributed by atoms with Gasteiger partial charge in [0.25, 0.3) is 0 Å². The standard InChI is InChI=1S/C16H18N2O2S/c1-11-8-14(21-10-11)15(12-4-2-6-17-9-12)18-7-3-5-13(18)16(19)20/h2,4,6,8-10,13,15H,3,5,7H2,1H3,(H,19,20). The van der Waals surface area contributed by atoms with E-state index < -0.39 is 12.0 Å². The minimum absolute atomic E-state index is 0.0130. The second kappa shape index (κ2) is 5.95. The van der Waals surface area contributed by atoms with Crippen molar-refractivity contribution < 1.29 is 9.90 Å². The van der Waals surface area contributed by atoms with Crippen LogP contribution in [0.4, 0.5) is 0 Å². The third-order valence-corrected chi connectivity index (χ3v) is 5.03. The highest BCUT2D eigenvalue weighted by atomic mass is 32.1. The normalized spacial score (nSPS) is 20.5. The van der Waals surface area contributed by atoms with Crippen LogP contribution in [0.1, 0.15) is 34.9 Å². The number of carboxylic acid groups (broad SMARTS) is 1. The molecule has 3 heterocycles. The lowest BCUT2D eigenvalue weighted by molar-refractivity contribution is -0.142. The summed E-state index contributed by atoms with van der Waals surface area (Å²) in [6.45, 7) is 2.88. The summed E-state index contributed by atoms with van der Waals surface area (Å²) in [5, 5.41) is 11.6. The first kappa shape index (κ1) is 14.2. The van der Waals surface area contributed by atoms with Crippen LogP contribution in [-0.2, 0) is 4.79 Å². The van der Waals surface area contributed by atoms with Crippen molar-refractivity contribution in [3.63, 3.8) is 0 Å². The summed E-state index contributed by atoms with van der Waals surface area (Å²) < 4.78 is 0. The first-order chi connectivity index (χ1) is 10.2. The Labute approximate surface area is 128 Å². The number of aromatic nitrogens is 1. The van der Waals surface area contributed by atoms with E-state index in [-0.39, 0.29) is 6.04 Å². The summed E-state index contributed by atoms with van der Waals surface area (Å²) >= 11 is 1.69. The predicted octanol–water partition coefficient (Wildman–Crippen LogP) is 3.09. The average molecular weight is 302 g/mol. The van der Waals surface area contributed by atoms with Crippen LogP contribution in [0.5, 0.6) is 0 Å². The van der Waals surface area contributed by atoms with Gasteiger partial charge in [0.15, 0.2) is 0 Å². The molecule has 3 rings (SSSR count). The Morgan fingerprint density at radius 2 is 2.43 bits per heavy atom. The van der Waals surface area contributed by atoms with Gasteiger partial charge >= 0.3 is 5.97 Å². The molecule has 4 nitrogen and oxygen atoms in total. The summed E-state index contributed by atoms with van der Waals surface area (Å²) in [7, 11) is 0. The second-order valence-electron chi connectivity index (χ2n) is 5.45. The van der Waals surface area contributed by atoms with Crippen LogP contribution in [0, 0.1) is 6.92 Å². The van der Waals surface area contributed by atoms with Gasteiger partial charge in [-0.15, -0.1) is 11.3 Å². The lowest BCUT2D eigenvalue weighted by Crippen LogP contribution is -2.39. The van der Waals surface area contributed by atoms with Gasteiger partial charge in [0.2, 0.25) is 0 Å². The molecule has 0 aliphatic carbocycles. The Bertz CT molecular complexity index is 626. The van der Waals surface area contributed by atoms with Crippen LogP contribution in [0.2, 0.25) is 0 Å². The average Bonchev–Trinajstić information content (AvgIpc) is 3.10. The van der Waals surface area contributed by atoms with Gasteiger partial charge in [0.05, 0.1) is 6.04 Å². The largest absolute Gasteiger partial charge is 0.480 e. The van der Waals surface area contributed by atoms with E-state index in [2.05, 4.69) is 28.3 Å². The van der Waals surface area contributed by atoms with E-state index in [1.165, 1.54) is 10.4 Å². The molecule has 0 aromatic carbocycles. The molecule has 1 aliphatic rings. The highest BCUT2D eigenvalue weighted by Gasteiger charge is 2.37. The zero-order valence-corrected chi connectivity index (χ0v) is 12.7. The molecule has 21 heavy (non-hydrogen) atoms. The van der Waals surface area contributed by atoms with Crippen molar-refractivity contribution in [2.75, 3.05) is 6.54 Å². The number of rotatable bonds is 4. The number of thiophene rings is 1. The zero-order valence-electron chi connectivity index (χ0n) is 11.9. The number of aliphatic carboxylic acids is 1. The zero-order chi connectivity index (χ0) is 14.8. The van der Waals surface area contributed by atoms with Gasteiger partial charge in [0, 0.05) is 23.8 Å². The molecule has 2 aromatic rings. The second-order valence-corrected chi connectivity index (χ2v) is 6.39. The molecule has 5 heteroatoms. The fourth-order valence-electron chi connectivity index (χ4n) is 3.02. The van der Waals surface area contributed by atoms with Crippen molar-refractivity contribution >= 4 is 17.3 Å². The highest BCUT2D eigenvalue weighted by molar-refractivity contribution is 7.10. The molecule has 0 amide bonds. The van der Waals surface area contributed by atoms with Crippen LogP contribution in [0.3, 0.4) is 0 Å². The molecule has 1 saturated heterocycles. The lowest BCUT2D eigenvalue weighted by atomic mass is 10.0. The maximum Gasteiger partial charge on any atom is 0.320 e. The third-order valence-electron chi connectivity index (χ3n) is 3.93. The van der Waals surface area contributed by atoms with E-state index in [1.54, 1.807) is 17.5 Å². The number of carbonyl (C=O) groups is 1. The molecule has 0 saturated carbocycles. The molecular weight excluding hydrogens is 284 g/mol. The number of nitrogens with zero attached hydrogens (tertiary/aromatic N) is 2. The van der Waals surface area contributed by atoms with E-state index in [0.717, 1.165) is 24.9 Å². The molecular formula is C16H18N2O2S. The summed E-state index contributed by atoms with van der Waals surface area (Å²) in [5.41, 5.74) is 2.28. The van der Waals surface area contributed by atoms with Gasteiger partial charge in [-0.1, -0.05) is 6.07 Å². The summed E-state index contributed by atoms with van der Waals surface area (Å²) in [6.07, 6.45) is 5.24. The number of carboxylic acids is 1. The molecule has 1 aliphatic heterocycles. The first-order valence-corrected chi connectivity index (χ1v) is 7.98. The fourth-order valence-corrected chi connectivity index (χ4v) is 4.06. The third kappa shape index (κ3) is 2.84.